The van der Waals surface area contributed by atoms with Gasteiger partial charge >= 0.3 is 5.97 Å². The van der Waals surface area contributed by atoms with Crippen LogP contribution in [0.1, 0.15) is 36.2 Å². The second-order valence-corrected chi connectivity index (χ2v) is 7.20. The Morgan fingerprint density at radius 3 is 2.46 bits per heavy atom. The number of aliphatic carboxylic acids is 1. The van der Waals surface area contributed by atoms with Crippen molar-refractivity contribution in [3.63, 3.8) is 0 Å². The molecule has 126 valence electrons. The summed E-state index contributed by atoms with van der Waals surface area (Å²) in [7, 11) is 0. The number of halogens is 1. The van der Waals surface area contributed by atoms with E-state index in [4.69, 9.17) is 16.7 Å². The van der Waals surface area contributed by atoms with E-state index in [9.17, 15) is 9.59 Å². The summed E-state index contributed by atoms with van der Waals surface area (Å²) in [6.45, 7) is 0. The quantitative estimate of drug-likeness (QED) is 0.863. The van der Waals surface area contributed by atoms with Crippen molar-refractivity contribution in [2.75, 3.05) is 0 Å². The number of thiazole rings is 1. The number of carbonyl (C=O) groups excluding carboxylic acids is 1. The van der Waals surface area contributed by atoms with Crippen LogP contribution < -0.4 is 5.32 Å². The largest absolute Gasteiger partial charge is 0.481 e. The maximum absolute atomic E-state index is 12.3. The van der Waals surface area contributed by atoms with Gasteiger partial charge in [0.1, 0.15) is 10.7 Å². The number of hydrogen-bond donors (Lipinski definition) is 2. The Morgan fingerprint density at radius 2 is 1.83 bits per heavy atom. The molecule has 5 nitrogen and oxygen atoms in total. The van der Waals surface area contributed by atoms with Crippen molar-refractivity contribution in [1.82, 2.24) is 10.3 Å². The van der Waals surface area contributed by atoms with Crippen LogP contribution in [0.5, 0.6) is 0 Å². The van der Waals surface area contributed by atoms with E-state index in [0.29, 0.717) is 36.4 Å². The molecule has 1 aliphatic carbocycles. The normalized spacial score (nSPS) is 20.5. The number of amides is 1. The van der Waals surface area contributed by atoms with Gasteiger partial charge in [0, 0.05) is 22.0 Å². The molecule has 1 aliphatic rings. The maximum atomic E-state index is 12.3. The predicted molar refractivity (Wildman–Crippen MR) is 93.4 cm³/mol. The second kappa shape index (κ2) is 7.32. The molecule has 0 spiro atoms. The highest BCUT2D eigenvalue weighted by Gasteiger charge is 2.27. The topological polar surface area (TPSA) is 79.3 Å². The van der Waals surface area contributed by atoms with Gasteiger partial charge in [-0.25, -0.2) is 4.98 Å². The van der Waals surface area contributed by atoms with Crippen LogP contribution in [0.25, 0.3) is 10.6 Å². The lowest BCUT2D eigenvalue weighted by atomic mass is 9.86. The number of benzene rings is 1. The third-order valence-corrected chi connectivity index (χ3v) is 5.38. The third kappa shape index (κ3) is 3.94. The van der Waals surface area contributed by atoms with E-state index in [0.717, 1.165) is 10.6 Å². The summed E-state index contributed by atoms with van der Waals surface area (Å²) in [5, 5.41) is 15.1. The molecule has 3 rings (SSSR count). The van der Waals surface area contributed by atoms with E-state index in [1.165, 1.54) is 11.3 Å². The Hall–Kier alpha value is -1.92. The molecule has 1 heterocycles. The second-order valence-electron chi connectivity index (χ2n) is 5.91. The van der Waals surface area contributed by atoms with Crippen LogP contribution in [0.2, 0.25) is 5.02 Å². The van der Waals surface area contributed by atoms with Crippen LogP contribution in [-0.2, 0) is 4.79 Å². The fourth-order valence-electron chi connectivity index (χ4n) is 2.85. The van der Waals surface area contributed by atoms with E-state index in [1.54, 1.807) is 17.5 Å². The van der Waals surface area contributed by atoms with E-state index in [2.05, 4.69) is 10.3 Å². The van der Waals surface area contributed by atoms with Crippen molar-refractivity contribution in [1.29, 1.82) is 0 Å². The van der Waals surface area contributed by atoms with Gasteiger partial charge in [0.2, 0.25) is 0 Å². The van der Waals surface area contributed by atoms with Crippen molar-refractivity contribution in [2.24, 2.45) is 5.92 Å². The Morgan fingerprint density at radius 1 is 1.17 bits per heavy atom. The summed E-state index contributed by atoms with van der Waals surface area (Å²) in [6, 6.07) is 7.35. The standard InChI is InChI=1S/C17H17ClN2O3S/c18-12-5-1-10(2-6-12)16-20-14(9-24-16)15(21)19-13-7-3-11(4-8-13)17(22)23/h1-2,5-6,9,11,13H,3-4,7-8H2,(H,19,21)(H,22,23). The molecule has 2 N–H and O–H groups in total. The van der Waals surface area contributed by atoms with Crippen LogP contribution in [0.4, 0.5) is 0 Å². The van der Waals surface area contributed by atoms with Gasteiger partial charge in [-0.3, -0.25) is 9.59 Å². The molecule has 7 heteroatoms. The van der Waals surface area contributed by atoms with Gasteiger partial charge in [0.15, 0.2) is 0 Å². The summed E-state index contributed by atoms with van der Waals surface area (Å²) < 4.78 is 0. The zero-order valence-corrected chi connectivity index (χ0v) is 14.4. The first kappa shape index (κ1) is 16.9. The highest BCUT2D eigenvalue weighted by atomic mass is 35.5. The van der Waals surface area contributed by atoms with Crippen molar-refractivity contribution < 1.29 is 14.7 Å². The minimum absolute atomic E-state index is 0.0220. The van der Waals surface area contributed by atoms with Gasteiger partial charge in [-0.05, 0) is 37.8 Å². The highest BCUT2D eigenvalue weighted by molar-refractivity contribution is 7.13. The van der Waals surface area contributed by atoms with Crippen LogP contribution in [0, 0.1) is 5.92 Å². The fraction of sp³-hybridized carbons (Fsp3) is 0.353. The summed E-state index contributed by atoms with van der Waals surface area (Å²) in [5.74, 6) is -1.23. The minimum Gasteiger partial charge on any atom is -0.481 e. The average molecular weight is 365 g/mol. The van der Waals surface area contributed by atoms with Gasteiger partial charge in [0.05, 0.1) is 5.92 Å². The van der Waals surface area contributed by atoms with Crippen molar-refractivity contribution >= 4 is 34.8 Å². The molecule has 0 saturated heterocycles. The molecule has 0 unspecified atom stereocenters. The molecule has 1 saturated carbocycles. The lowest BCUT2D eigenvalue weighted by Gasteiger charge is -2.26. The van der Waals surface area contributed by atoms with Crippen molar-refractivity contribution in [3.8, 4) is 10.6 Å². The zero-order valence-electron chi connectivity index (χ0n) is 12.9. The Balaban J connectivity index is 1.60. The summed E-state index contributed by atoms with van der Waals surface area (Å²) >= 11 is 7.29. The van der Waals surface area contributed by atoms with Crippen LogP contribution in [-0.4, -0.2) is 28.0 Å². The van der Waals surface area contributed by atoms with Gasteiger partial charge in [-0.15, -0.1) is 11.3 Å². The van der Waals surface area contributed by atoms with Gasteiger partial charge < -0.3 is 10.4 Å². The summed E-state index contributed by atoms with van der Waals surface area (Å²) in [4.78, 5) is 27.7. The number of carboxylic acids is 1. The number of aromatic nitrogens is 1. The zero-order chi connectivity index (χ0) is 17.1. The molecule has 1 fully saturated rings. The van der Waals surface area contributed by atoms with E-state index < -0.39 is 5.97 Å². The van der Waals surface area contributed by atoms with Crippen molar-refractivity contribution in [2.45, 2.75) is 31.7 Å². The number of carboxylic acid groups (broad SMARTS) is 1. The molecule has 0 atom stereocenters. The van der Waals surface area contributed by atoms with Crippen LogP contribution in [0.3, 0.4) is 0 Å². The highest BCUT2D eigenvalue weighted by Crippen LogP contribution is 2.27. The van der Waals surface area contributed by atoms with Gasteiger partial charge in [-0.1, -0.05) is 23.7 Å². The Kier molecular flexibility index (Phi) is 5.16. The monoisotopic (exact) mass is 364 g/mol. The molecule has 2 aromatic rings. The third-order valence-electron chi connectivity index (χ3n) is 4.24. The number of hydrogen-bond acceptors (Lipinski definition) is 4. The first-order chi connectivity index (χ1) is 11.5. The smallest absolute Gasteiger partial charge is 0.306 e. The molecule has 1 aromatic carbocycles. The predicted octanol–water partition coefficient (Wildman–Crippen LogP) is 3.84. The molecular weight excluding hydrogens is 348 g/mol. The Bertz CT molecular complexity index is 737. The maximum Gasteiger partial charge on any atom is 0.306 e. The molecule has 1 aromatic heterocycles. The number of rotatable bonds is 4. The molecule has 0 bridgehead atoms. The number of carbonyl (C=O) groups is 2. The lowest BCUT2D eigenvalue weighted by molar-refractivity contribution is -0.142. The first-order valence-electron chi connectivity index (χ1n) is 7.78. The van der Waals surface area contributed by atoms with E-state index in [1.807, 2.05) is 12.1 Å². The summed E-state index contributed by atoms with van der Waals surface area (Å²) in [5.41, 5.74) is 1.32. The minimum atomic E-state index is -0.744. The van der Waals surface area contributed by atoms with Gasteiger partial charge in [0.25, 0.3) is 5.91 Å². The Labute approximate surface area is 148 Å². The van der Waals surface area contributed by atoms with Gasteiger partial charge in [-0.2, -0.15) is 0 Å². The van der Waals surface area contributed by atoms with Crippen molar-refractivity contribution in [3.05, 3.63) is 40.4 Å². The lowest BCUT2D eigenvalue weighted by Crippen LogP contribution is -2.38. The molecular formula is C17H17ClN2O3S. The molecule has 1 amide bonds. The number of nitrogens with zero attached hydrogens (tertiary/aromatic N) is 1. The SMILES string of the molecule is O=C(NC1CCC(C(=O)O)CC1)c1csc(-c2ccc(Cl)cc2)n1. The fourth-order valence-corrected chi connectivity index (χ4v) is 3.78. The first-order valence-corrected chi connectivity index (χ1v) is 9.04. The average Bonchev–Trinajstić information content (AvgIpc) is 3.06. The summed E-state index contributed by atoms with van der Waals surface area (Å²) in [6.07, 6.45) is 2.59. The van der Waals surface area contributed by atoms with E-state index in [-0.39, 0.29) is 17.9 Å². The van der Waals surface area contributed by atoms with Crippen LogP contribution in [0.15, 0.2) is 29.6 Å². The molecule has 24 heavy (non-hydrogen) atoms. The van der Waals surface area contributed by atoms with Crippen LogP contribution >= 0.6 is 22.9 Å². The molecule has 0 radical (unpaired) electrons. The molecule has 0 aliphatic heterocycles. The number of nitrogens with one attached hydrogen (secondary N) is 1. The van der Waals surface area contributed by atoms with E-state index >= 15 is 0 Å².